The second kappa shape index (κ2) is 38.4. The average molecular weight is 935 g/mol. The molecule has 7 N–H and O–H groups in total. The number of rotatable bonds is 41. The summed E-state index contributed by atoms with van der Waals surface area (Å²) in [6.45, 7) is 2.62. The van der Waals surface area contributed by atoms with E-state index in [1.54, 1.807) is 0 Å². The van der Waals surface area contributed by atoms with Gasteiger partial charge in [-0.15, -0.1) is 0 Å². The van der Waals surface area contributed by atoms with E-state index in [0.717, 1.165) is 38.5 Å². The monoisotopic (exact) mass is 935 g/mol. The number of carbonyl (C=O) groups excluding carboxylic acids is 2. The van der Waals surface area contributed by atoms with Crippen molar-refractivity contribution in [2.75, 3.05) is 26.4 Å². The van der Waals surface area contributed by atoms with Crippen molar-refractivity contribution in [3.8, 4) is 0 Å². The Kier molecular flexibility index (Phi) is 35.2. The first kappa shape index (κ1) is 59.6. The van der Waals surface area contributed by atoms with E-state index < -0.39 is 92.7 Å². The predicted molar refractivity (Wildman–Crippen MR) is 248 cm³/mol. The largest absolute Gasteiger partial charge is 0.462 e. The third-order valence-electron chi connectivity index (χ3n) is 12.8. The summed E-state index contributed by atoms with van der Waals surface area (Å²) < 4.78 is 33.6. The quantitative estimate of drug-likeness (QED) is 0.0237. The Balaban J connectivity index is 1.80. The van der Waals surface area contributed by atoms with Crippen LogP contribution in [0.2, 0.25) is 0 Å². The Morgan fingerprint density at radius 3 is 1.20 bits per heavy atom. The van der Waals surface area contributed by atoms with Gasteiger partial charge in [0.1, 0.15) is 55.4 Å². The van der Waals surface area contributed by atoms with Gasteiger partial charge in [-0.25, -0.2) is 0 Å². The van der Waals surface area contributed by atoms with E-state index in [0.29, 0.717) is 12.8 Å². The van der Waals surface area contributed by atoms with Crippen molar-refractivity contribution in [3.05, 3.63) is 0 Å². The van der Waals surface area contributed by atoms with Crippen LogP contribution >= 0.6 is 0 Å². The molecule has 2 fully saturated rings. The minimum absolute atomic E-state index is 0.173. The Bertz CT molecular complexity index is 1150. The number of hydrogen-bond acceptors (Lipinski definition) is 15. The number of aliphatic hydroxyl groups excluding tert-OH is 7. The molecule has 0 aromatic heterocycles. The molecule has 11 atom stereocenters. The van der Waals surface area contributed by atoms with Gasteiger partial charge >= 0.3 is 11.9 Å². The topological polar surface area (TPSA) is 231 Å². The summed E-state index contributed by atoms with van der Waals surface area (Å²) in [5.41, 5.74) is 0. The molecule has 15 nitrogen and oxygen atoms in total. The minimum atomic E-state index is -1.76. The van der Waals surface area contributed by atoms with Gasteiger partial charge in [-0.2, -0.15) is 0 Å². The van der Waals surface area contributed by atoms with Crippen molar-refractivity contribution in [1.82, 2.24) is 0 Å². The van der Waals surface area contributed by atoms with E-state index in [1.807, 2.05) is 0 Å². The van der Waals surface area contributed by atoms with Crippen molar-refractivity contribution in [1.29, 1.82) is 0 Å². The van der Waals surface area contributed by atoms with E-state index in [4.69, 9.17) is 28.4 Å². The number of aliphatic hydroxyl groups is 7. The summed E-state index contributed by atoms with van der Waals surface area (Å²) in [5, 5.41) is 72.0. The van der Waals surface area contributed by atoms with Gasteiger partial charge < -0.3 is 64.2 Å². The number of hydrogen-bond donors (Lipinski definition) is 7. The van der Waals surface area contributed by atoms with Gasteiger partial charge in [0, 0.05) is 12.8 Å². The average Bonchev–Trinajstić information content (AvgIpc) is 3.30. The molecule has 0 radical (unpaired) electrons. The summed E-state index contributed by atoms with van der Waals surface area (Å²) in [6, 6.07) is 0. The fourth-order valence-electron chi connectivity index (χ4n) is 8.51. The summed E-state index contributed by atoms with van der Waals surface area (Å²) in [6.07, 6.45) is 18.4. The van der Waals surface area contributed by atoms with Crippen LogP contribution in [0.3, 0.4) is 0 Å². The summed E-state index contributed by atoms with van der Waals surface area (Å²) in [7, 11) is 0. The molecule has 0 aromatic carbocycles. The van der Waals surface area contributed by atoms with Gasteiger partial charge in [0.05, 0.1) is 19.8 Å². The van der Waals surface area contributed by atoms with Gasteiger partial charge in [-0.1, -0.05) is 187 Å². The van der Waals surface area contributed by atoms with Crippen LogP contribution in [0.25, 0.3) is 0 Å². The zero-order valence-corrected chi connectivity index (χ0v) is 40.5. The Morgan fingerprint density at radius 1 is 0.431 bits per heavy atom. The van der Waals surface area contributed by atoms with Crippen molar-refractivity contribution >= 4 is 11.9 Å². The van der Waals surface area contributed by atoms with Crippen molar-refractivity contribution in [2.24, 2.45) is 0 Å². The normalized spacial score (nSPS) is 26.3. The van der Waals surface area contributed by atoms with Crippen LogP contribution in [0.1, 0.15) is 213 Å². The highest BCUT2D eigenvalue weighted by atomic mass is 16.7. The molecule has 4 unspecified atom stereocenters. The Morgan fingerprint density at radius 2 is 0.785 bits per heavy atom. The lowest BCUT2D eigenvalue weighted by Gasteiger charge is -2.42. The lowest BCUT2D eigenvalue weighted by Crippen LogP contribution is -2.61. The third kappa shape index (κ3) is 26.7. The molecule has 2 heterocycles. The molecule has 2 saturated heterocycles. The molecule has 384 valence electrons. The smallest absolute Gasteiger partial charge is 0.306 e. The van der Waals surface area contributed by atoms with Gasteiger partial charge in [-0.3, -0.25) is 9.59 Å². The lowest BCUT2D eigenvalue weighted by atomic mass is 9.98. The first-order valence-electron chi connectivity index (χ1n) is 26.1. The Labute approximate surface area is 391 Å². The molecule has 65 heavy (non-hydrogen) atoms. The van der Waals surface area contributed by atoms with Gasteiger partial charge in [0.2, 0.25) is 0 Å². The van der Waals surface area contributed by atoms with Crippen molar-refractivity contribution < 1.29 is 73.8 Å². The molecular weight excluding hydrogens is 841 g/mol. The SMILES string of the molecule is CCCCCCCCCCCCCCCCCC(=O)OC[C@H](CO[C@@H]1O[C@H](CO[C@@H]2O[C@H](CO)[C@H](O)C(O)C2O)[C@H](O)C(O)C1O)OC(=O)CCCCCCCCCCCCCCCC. The first-order valence-corrected chi connectivity index (χ1v) is 26.1. The molecule has 0 amide bonds. The van der Waals surface area contributed by atoms with E-state index in [1.165, 1.54) is 135 Å². The maximum absolute atomic E-state index is 13.0. The zero-order valence-electron chi connectivity index (χ0n) is 40.5. The predicted octanol–water partition coefficient (Wildman–Crippen LogP) is 7.22. The van der Waals surface area contributed by atoms with Crippen LogP contribution in [0.15, 0.2) is 0 Å². The van der Waals surface area contributed by atoms with E-state index in [9.17, 15) is 45.3 Å². The fraction of sp³-hybridized carbons (Fsp3) is 0.960. The van der Waals surface area contributed by atoms with Crippen LogP contribution in [0, 0.1) is 0 Å². The molecule has 2 aliphatic rings. The maximum Gasteiger partial charge on any atom is 0.306 e. The molecular formula is C50H94O15. The summed E-state index contributed by atoms with van der Waals surface area (Å²) in [5.74, 6) is -0.909. The zero-order chi connectivity index (χ0) is 47.5. The highest BCUT2D eigenvalue weighted by Crippen LogP contribution is 2.27. The molecule has 0 saturated carbocycles. The molecule has 0 aromatic rings. The second-order valence-electron chi connectivity index (χ2n) is 18.7. The van der Waals surface area contributed by atoms with E-state index >= 15 is 0 Å². The first-order chi connectivity index (χ1) is 31.5. The number of unbranched alkanes of at least 4 members (excludes halogenated alkanes) is 27. The highest BCUT2D eigenvalue weighted by Gasteiger charge is 2.47. The van der Waals surface area contributed by atoms with Crippen LogP contribution < -0.4 is 0 Å². The molecule has 2 rings (SSSR count). The van der Waals surface area contributed by atoms with Gasteiger partial charge in [0.25, 0.3) is 0 Å². The minimum Gasteiger partial charge on any atom is -0.462 e. The second-order valence-corrected chi connectivity index (χ2v) is 18.7. The van der Waals surface area contributed by atoms with Crippen molar-refractivity contribution in [2.45, 2.75) is 280 Å². The molecule has 0 spiro atoms. The number of carbonyl (C=O) groups is 2. The van der Waals surface area contributed by atoms with Crippen molar-refractivity contribution in [3.63, 3.8) is 0 Å². The van der Waals surface area contributed by atoms with E-state index in [2.05, 4.69) is 13.8 Å². The number of esters is 2. The van der Waals surface area contributed by atoms with Crippen LogP contribution in [-0.2, 0) is 38.0 Å². The molecule has 0 aliphatic carbocycles. The highest BCUT2D eigenvalue weighted by molar-refractivity contribution is 5.70. The molecule has 15 heteroatoms. The van der Waals surface area contributed by atoms with Crippen LogP contribution in [0.5, 0.6) is 0 Å². The maximum atomic E-state index is 13.0. The fourth-order valence-corrected chi connectivity index (χ4v) is 8.51. The molecule has 2 aliphatic heterocycles. The summed E-state index contributed by atoms with van der Waals surface area (Å²) >= 11 is 0. The third-order valence-corrected chi connectivity index (χ3v) is 12.8. The lowest BCUT2D eigenvalue weighted by molar-refractivity contribution is -0.332. The van der Waals surface area contributed by atoms with Crippen LogP contribution in [0.4, 0.5) is 0 Å². The summed E-state index contributed by atoms with van der Waals surface area (Å²) in [4.78, 5) is 25.7. The van der Waals surface area contributed by atoms with Crippen LogP contribution in [-0.4, -0.2) is 142 Å². The van der Waals surface area contributed by atoms with Gasteiger partial charge in [0.15, 0.2) is 18.7 Å². The molecule has 0 bridgehead atoms. The standard InChI is InChI=1S/C50H94O15/c1-3-5-7-9-11-13-15-17-19-21-22-24-26-28-30-32-41(52)60-35-38(63-42(53)33-31-29-27-25-23-20-18-16-14-12-10-8-6-4-2)36-61-49-48(59)46(57)44(55)40(65-49)37-62-50-47(58)45(56)43(54)39(34-51)64-50/h38-40,43-51,54-59H,3-37H2,1-2H3/t38-,39-,40-,43+,44+,45?,46?,47?,48?,49-,50-/m1/s1. The van der Waals surface area contributed by atoms with Gasteiger partial charge in [-0.05, 0) is 12.8 Å². The number of ether oxygens (including phenoxy) is 6. The Hall–Kier alpha value is -1.50. The van der Waals surface area contributed by atoms with E-state index in [-0.39, 0.29) is 26.1 Å².